The average molecular weight is 394 g/mol. The van der Waals surface area contributed by atoms with E-state index < -0.39 is 0 Å². The second kappa shape index (κ2) is 9.32. The summed E-state index contributed by atoms with van der Waals surface area (Å²) in [7, 11) is 2.10. The van der Waals surface area contributed by atoms with Crippen LogP contribution in [0.3, 0.4) is 0 Å². The van der Waals surface area contributed by atoms with Crippen LogP contribution in [-0.4, -0.2) is 70.9 Å². The molecule has 2 aliphatic heterocycles. The molecule has 3 heterocycles. The molecule has 3 rings (SSSR count). The Bertz CT molecular complexity index is 611. The fourth-order valence-electron chi connectivity index (χ4n) is 4.34. The van der Waals surface area contributed by atoms with E-state index in [0.29, 0.717) is 17.9 Å². The highest BCUT2D eigenvalue weighted by Gasteiger charge is 2.32. The number of rotatable bonds is 6. The van der Waals surface area contributed by atoms with Crippen molar-refractivity contribution in [2.24, 2.45) is 11.8 Å². The van der Waals surface area contributed by atoms with Gasteiger partial charge in [0.05, 0.1) is 0 Å². The molecule has 2 fully saturated rings. The lowest BCUT2D eigenvalue weighted by atomic mass is 9.91. The molecule has 1 aromatic rings. The van der Waals surface area contributed by atoms with Crippen LogP contribution in [0.4, 0.5) is 5.13 Å². The van der Waals surface area contributed by atoms with Crippen molar-refractivity contribution in [2.45, 2.75) is 58.9 Å². The van der Waals surface area contributed by atoms with E-state index in [-0.39, 0.29) is 5.92 Å². The van der Waals surface area contributed by atoms with Gasteiger partial charge in [-0.3, -0.25) is 4.79 Å². The van der Waals surface area contributed by atoms with Crippen molar-refractivity contribution in [2.75, 3.05) is 44.7 Å². The Morgan fingerprint density at radius 2 is 2.00 bits per heavy atom. The molecule has 0 N–H and O–H groups in total. The van der Waals surface area contributed by atoms with Crippen LogP contribution < -0.4 is 4.90 Å². The number of carbonyl (C=O) groups is 1. The summed E-state index contributed by atoms with van der Waals surface area (Å²) in [4.78, 5) is 24.5. The lowest BCUT2D eigenvalue weighted by Crippen LogP contribution is -2.48. The zero-order valence-electron chi connectivity index (χ0n) is 17.4. The number of likely N-dealkylation sites (tertiary alicyclic amines) is 2. The maximum absolute atomic E-state index is 13.0. The molecule has 0 spiro atoms. The molecule has 27 heavy (non-hydrogen) atoms. The molecule has 0 radical (unpaired) electrons. The van der Waals surface area contributed by atoms with E-state index in [1.54, 1.807) is 0 Å². The van der Waals surface area contributed by atoms with Crippen molar-refractivity contribution < 1.29 is 4.79 Å². The van der Waals surface area contributed by atoms with E-state index in [4.69, 9.17) is 0 Å². The van der Waals surface area contributed by atoms with Crippen LogP contribution in [0.1, 0.15) is 52.3 Å². The van der Waals surface area contributed by atoms with Gasteiger partial charge in [0.15, 0.2) is 0 Å². The molecule has 1 atom stereocenters. The first kappa shape index (κ1) is 20.5. The van der Waals surface area contributed by atoms with Gasteiger partial charge < -0.3 is 14.7 Å². The number of piperidine rings is 2. The van der Waals surface area contributed by atoms with E-state index in [1.807, 2.05) is 0 Å². The molecule has 2 saturated heterocycles. The van der Waals surface area contributed by atoms with E-state index in [9.17, 15) is 4.79 Å². The molecule has 0 bridgehead atoms. The van der Waals surface area contributed by atoms with Crippen LogP contribution in [0.15, 0.2) is 0 Å². The normalized spacial score (nSPS) is 22.4. The second-order valence-electron chi connectivity index (χ2n) is 8.42. The summed E-state index contributed by atoms with van der Waals surface area (Å²) in [6, 6.07) is 0.588. The number of amides is 1. The van der Waals surface area contributed by atoms with Crippen molar-refractivity contribution in [3.05, 3.63) is 5.82 Å². The lowest BCUT2D eigenvalue weighted by molar-refractivity contribution is -0.139. The van der Waals surface area contributed by atoms with E-state index >= 15 is 0 Å². The minimum absolute atomic E-state index is 0.228. The van der Waals surface area contributed by atoms with Crippen molar-refractivity contribution in [3.8, 4) is 0 Å². The van der Waals surface area contributed by atoms with Crippen molar-refractivity contribution in [1.82, 2.24) is 19.2 Å². The summed E-state index contributed by atoms with van der Waals surface area (Å²) >= 11 is 1.48. The number of anilines is 1. The zero-order chi connectivity index (χ0) is 19.4. The first-order chi connectivity index (χ1) is 13.0. The first-order valence-corrected chi connectivity index (χ1v) is 11.3. The van der Waals surface area contributed by atoms with Crippen molar-refractivity contribution >= 4 is 22.6 Å². The Balaban J connectivity index is 1.50. The molecule has 6 nitrogen and oxygen atoms in total. The topological polar surface area (TPSA) is 52.6 Å². The largest absolute Gasteiger partial charge is 0.350 e. The zero-order valence-corrected chi connectivity index (χ0v) is 18.2. The quantitative estimate of drug-likeness (QED) is 0.744. The van der Waals surface area contributed by atoms with Crippen LogP contribution >= 0.6 is 11.5 Å². The van der Waals surface area contributed by atoms with Gasteiger partial charge in [0.1, 0.15) is 5.82 Å². The van der Waals surface area contributed by atoms with Crippen molar-refractivity contribution in [1.29, 1.82) is 0 Å². The van der Waals surface area contributed by atoms with Crippen LogP contribution in [-0.2, 0) is 11.2 Å². The van der Waals surface area contributed by atoms with Gasteiger partial charge in [-0.2, -0.15) is 4.37 Å². The minimum atomic E-state index is 0.228. The van der Waals surface area contributed by atoms with Crippen molar-refractivity contribution in [3.63, 3.8) is 0 Å². The third kappa shape index (κ3) is 5.19. The number of hydrogen-bond donors (Lipinski definition) is 0. The number of aryl methyl sites for hydroxylation is 1. The van der Waals surface area contributed by atoms with Gasteiger partial charge in [0, 0.05) is 56.6 Å². The summed E-state index contributed by atoms with van der Waals surface area (Å²) in [6.07, 6.45) is 5.22. The van der Waals surface area contributed by atoms with Gasteiger partial charge in [0.25, 0.3) is 0 Å². The molecular weight excluding hydrogens is 358 g/mol. The van der Waals surface area contributed by atoms with Gasteiger partial charge >= 0.3 is 0 Å². The smallest absolute Gasteiger partial charge is 0.225 e. The highest BCUT2D eigenvalue weighted by molar-refractivity contribution is 7.09. The summed E-state index contributed by atoms with van der Waals surface area (Å²) in [5, 5.41) is 0.997. The summed E-state index contributed by atoms with van der Waals surface area (Å²) in [6.45, 7) is 11.5. The van der Waals surface area contributed by atoms with Gasteiger partial charge in [-0.15, -0.1) is 0 Å². The third-order valence-corrected chi connectivity index (χ3v) is 6.94. The number of carbonyl (C=O) groups excluding carboxylic acids is 1. The monoisotopic (exact) mass is 393 g/mol. The van der Waals surface area contributed by atoms with Crippen LogP contribution in [0, 0.1) is 11.8 Å². The maximum atomic E-state index is 13.0. The molecule has 1 unspecified atom stereocenters. The fraction of sp³-hybridized carbons (Fsp3) is 0.850. The van der Waals surface area contributed by atoms with Crippen LogP contribution in [0.2, 0.25) is 0 Å². The van der Waals surface area contributed by atoms with E-state index in [0.717, 1.165) is 69.4 Å². The first-order valence-electron chi connectivity index (χ1n) is 10.5. The highest BCUT2D eigenvalue weighted by atomic mass is 32.1. The maximum Gasteiger partial charge on any atom is 0.225 e. The molecule has 0 saturated carbocycles. The predicted molar refractivity (Wildman–Crippen MR) is 111 cm³/mol. The number of hydrogen-bond acceptors (Lipinski definition) is 6. The van der Waals surface area contributed by atoms with Gasteiger partial charge in [-0.05, 0) is 58.5 Å². The van der Waals surface area contributed by atoms with E-state index in [2.05, 4.69) is 51.9 Å². The highest BCUT2D eigenvalue weighted by Crippen LogP contribution is 2.26. The molecule has 152 valence electrons. The lowest BCUT2D eigenvalue weighted by Gasteiger charge is -2.39. The van der Waals surface area contributed by atoms with E-state index in [1.165, 1.54) is 18.0 Å². The molecule has 1 aromatic heterocycles. The van der Waals surface area contributed by atoms with Gasteiger partial charge in [-0.25, -0.2) is 4.98 Å². The SMILES string of the molecule is CCc1nsc(N(C)CC2CCCN(C(=O)C3CCN(C(C)C)CC3)C2)n1. The molecule has 0 aromatic carbocycles. The predicted octanol–water partition coefficient (Wildman–Crippen LogP) is 2.90. The molecule has 7 heteroatoms. The minimum Gasteiger partial charge on any atom is -0.350 e. The van der Waals surface area contributed by atoms with Crippen LogP contribution in [0.25, 0.3) is 0 Å². The Hall–Kier alpha value is -1.21. The molecular formula is C20H35N5OS. The molecule has 2 aliphatic rings. The Kier molecular flexibility index (Phi) is 7.09. The summed E-state index contributed by atoms with van der Waals surface area (Å²) < 4.78 is 4.39. The molecule has 0 aliphatic carbocycles. The fourth-order valence-corrected chi connectivity index (χ4v) is 5.06. The molecule has 1 amide bonds. The number of nitrogens with zero attached hydrogens (tertiary/aromatic N) is 5. The second-order valence-corrected chi connectivity index (χ2v) is 9.15. The summed E-state index contributed by atoms with van der Waals surface area (Å²) in [5.74, 6) is 2.08. The average Bonchev–Trinajstić information content (AvgIpc) is 3.17. The standard InChI is InChI=1S/C20H35N5OS/c1-5-18-21-20(27-22-18)23(4)13-16-7-6-10-25(14-16)19(26)17-8-11-24(12-9-17)15(2)3/h15-17H,5-14H2,1-4H3. The van der Waals surface area contributed by atoms with Crippen LogP contribution in [0.5, 0.6) is 0 Å². The Labute approximate surface area is 168 Å². The van der Waals surface area contributed by atoms with Gasteiger partial charge in [0.2, 0.25) is 11.0 Å². The number of aromatic nitrogens is 2. The Morgan fingerprint density at radius 3 is 2.63 bits per heavy atom. The third-order valence-electron chi connectivity index (χ3n) is 6.07. The Morgan fingerprint density at radius 1 is 1.26 bits per heavy atom. The summed E-state index contributed by atoms with van der Waals surface area (Å²) in [5.41, 5.74) is 0. The van der Waals surface area contributed by atoms with Gasteiger partial charge in [-0.1, -0.05) is 6.92 Å².